The van der Waals surface area contributed by atoms with Crippen LogP contribution in [0.15, 0.2) is 23.8 Å². The maximum Gasteiger partial charge on any atom is 0.334 e. The summed E-state index contributed by atoms with van der Waals surface area (Å²) in [6, 6.07) is 0. The van der Waals surface area contributed by atoms with Crippen LogP contribution in [0.25, 0.3) is 0 Å². The Labute approximate surface area is 193 Å². The molecule has 0 aromatic heterocycles. The van der Waals surface area contributed by atoms with Crippen molar-refractivity contribution in [2.45, 2.75) is 84.4 Å². The van der Waals surface area contributed by atoms with E-state index in [1.807, 2.05) is 0 Å². The number of carbonyl (C=O) groups is 4. The number of hydrogen-bond donors (Lipinski definition) is 1. The molecule has 0 spiro atoms. The number of esters is 4. The summed E-state index contributed by atoms with van der Waals surface area (Å²) in [5.74, 6) is -4.20. The average molecular weight is 465 g/mol. The molecule has 0 aromatic rings. The van der Waals surface area contributed by atoms with Gasteiger partial charge in [-0.05, 0) is 33.6 Å². The van der Waals surface area contributed by atoms with Crippen LogP contribution in [0, 0.1) is 17.3 Å². The highest BCUT2D eigenvalue weighted by molar-refractivity contribution is 5.92. The number of rotatable bonds is 4. The van der Waals surface area contributed by atoms with Crippen LogP contribution in [-0.2, 0) is 38.1 Å². The van der Waals surface area contributed by atoms with Gasteiger partial charge in [0, 0.05) is 30.9 Å². The van der Waals surface area contributed by atoms with Crippen molar-refractivity contribution >= 4 is 23.9 Å². The third-order valence-electron chi connectivity index (χ3n) is 7.40. The van der Waals surface area contributed by atoms with Gasteiger partial charge in [-0.3, -0.25) is 9.59 Å². The Morgan fingerprint density at radius 2 is 1.73 bits per heavy atom. The van der Waals surface area contributed by atoms with Gasteiger partial charge in [-0.15, -0.1) is 0 Å². The zero-order chi connectivity index (χ0) is 24.9. The lowest BCUT2D eigenvalue weighted by molar-refractivity contribution is -0.279. The molecule has 1 aliphatic heterocycles. The Hall–Kier alpha value is -2.68. The van der Waals surface area contributed by atoms with Crippen LogP contribution in [0.5, 0.6) is 0 Å². The van der Waals surface area contributed by atoms with Gasteiger partial charge in [-0.1, -0.05) is 19.6 Å². The quantitative estimate of drug-likeness (QED) is 0.378. The Bertz CT molecular complexity index is 917. The lowest BCUT2D eigenvalue weighted by atomic mass is 9.49. The minimum absolute atomic E-state index is 0.0699. The lowest BCUT2D eigenvalue weighted by Crippen LogP contribution is -2.72. The van der Waals surface area contributed by atoms with Gasteiger partial charge in [0.05, 0.1) is 16.9 Å². The number of aliphatic hydroxyl groups is 1. The van der Waals surface area contributed by atoms with Gasteiger partial charge in [0.2, 0.25) is 0 Å². The molecule has 0 bridgehead atoms. The molecular formula is C24H32O9. The third-order valence-corrected chi connectivity index (χ3v) is 7.40. The molecule has 3 fully saturated rings. The van der Waals surface area contributed by atoms with E-state index in [9.17, 15) is 24.3 Å². The standard InChI is InChI=1S/C24H32O9/c1-8-11(2)21(27)32-17-16-12(3)22(28)33-18(16)20(31-14(5)26)24(7)15(30-13(4)25)9-10-23(6,29)19(17)24/h8,15-20,29H,3,9-10H2,1-2,4-7H3/b11-8-/t15-,16+,17-,18+,19+,20+,23-,24+/m1/s1. The predicted molar refractivity (Wildman–Crippen MR) is 114 cm³/mol. The Kier molecular flexibility index (Phi) is 6.50. The van der Waals surface area contributed by atoms with Crippen LogP contribution in [0.2, 0.25) is 0 Å². The molecule has 9 heteroatoms. The highest BCUT2D eigenvalue weighted by Crippen LogP contribution is 2.60. The zero-order valence-electron chi connectivity index (χ0n) is 19.9. The Morgan fingerprint density at radius 3 is 2.27 bits per heavy atom. The normalized spacial score (nSPS) is 40.3. The topological polar surface area (TPSA) is 125 Å². The van der Waals surface area contributed by atoms with Crippen LogP contribution in [0.3, 0.4) is 0 Å². The highest BCUT2D eigenvalue weighted by Gasteiger charge is 2.72. The largest absolute Gasteiger partial charge is 0.462 e. The van der Waals surface area contributed by atoms with Gasteiger partial charge >= 0.3 is 23.9 Å². The highest BCUT2D eigenvalue weighted by atomic mass is 16.6. The van der Waals surface area contributed by atoms with E-state index in [0.29, 0.717) is 5.57 Å². The van der Waals surface area contributed by atoms with Crippen molar-refractivity contribution in [1.29, 1.82) is 0 Å². The summed E-state index contributed by atoms with van der Waals surface area (Å²) in [5.41, 5.74) is -2.23. The Balaban J connectivity index is 2.24. The van der Waals surface area contributed by atoms with Crippen molar-refractivity contribution in [3.63, 3.8) is 0 Å². The van der Waals surface area contributed by atoms with Crippen molar-refractivity contribution in [3.05, 3.63) is 23.8 Å². The summed E-state index contributed by atoms with van der Waals surface area (Å²) in [7, 11) is 0. The lowest BCUT2D eigenvalue weighted by Gasteiger charge is -2.61. The minimum Gasteiger partial charge on any atom is -0.462 e. The first-order chi connectivity index (χ1) is 15.2. The molecule has 9 nitrogen and oxygen atoms in total. The van der Waals surface area contributed by atoms with Crippen LogP contribution in [-0.4, -0.2) is 59.0 Å². The van der Waals surface area contributed by atoms with E-state index in [1.165, 1.54) is 13.8 Å². The Morgan fingerprint density at radius 1 is 1.12 bits per heavy atom. The fraction of sp³-hybridized carbons (Fsp3) is 0.667. The van der Waals surface area contributed by atoms with Crippen molar-refractivity contribution in [2.75, 3.05) is 0 Å². The van der Waals surface area contributed by atoms with Crippen LogP contribution in [0.1, 0.15) is 54.4 Å². The van der Waals surface area contributed by atoms with E-state index < -0.39 is 71.1 Å². The molecule has 2 aliphatic carbocycles. The van der Waals surface area contributed by atoms with Crippen LogP contribution < -0.4 is 0 Å². The fourth-order valence-electron chi connectivity index (χ4n) is 5.87. The molecule has 8 atom stereocenters. The maximum absolute atomic E-state index is 12.8. The number of fused-ring (bicyclic) bond motifs is 2. The van der Waals surface area contributed by atoms with Gasteiger partial charge in [-0.2, -0.15) is 0 Å². The van der Waals surface area contributed by atoms with Gasteiger partial charge in [0.15, 0.2) is 6.10 Å². The first-order valence-corrected chi connectivity index (χ1v) is 11.1. The first-order valence-electron chi connectivity index (χ1n) is 11.1. The second-order valence-corrected chi connectivity index (χ2v) is 9.63. The number of allylic oxidation sites excluding steroid dienone is 1. The fourth-order valence-corrected chi connectivity index (χ4v) is 5.87. The number of ether oxygens (including phenoxy) is 4. The predicted octanol–water partition coefficient (Wildman–Crippen LogP) is 2.01. The summed E-state index contributed by atoms with van der Waals surface area (Å²) in [6.07, 6.45) is -1.82. The number of carbonyl (C=O) groups excluding carboxylic acids is 4. The molecule has 33 heavy (non-hydrogen) atoms. The van der Waals surface area contributed by atoms with Gasteiger partial charge in [0.25, 0.3) is 0 Å². The van der Waals surface area contributed by atoms with E-state index in [-0.39, 0.29) is 18.4 Å². The van der Waals surface area contributed by atoms with E-state index in [1.54, 1.807) is 33.8 Å². The van der Waals surface area contributed by atoms with E-state index in [4.69, 9.17) is 18.9 Å². The molecule has 3 rings (SSSR count). The van der Waals surface area contributed by atoms with Gasteiger partial charge in [-0.25, -0.2) is 9.59 Å². The first kappa shape index (κ1) is 25.0. The summed E-state index contributed by atoms with van der Waals surface area (Å²) < 4.78 is 22.8. The van der Waals surface area contributed by atoms with Crippen molar-refractivity contribution in [3.8, 4) is 0 Å². The van der Waals surface area contributed by atoms with E-state index in [2.05, 4.69) is 6.58 Å². The molecule has 1 heterocycles. The summed E-state index contributed by atoms with van der Waals surface area (Å²) in [6.45, 7) is 12.9. The average Bonchev–Trinajstić information content (AvgIpc) is 3.00. The van der Waals surface area contributed by atoms with Gasteiger partial charge < -0.3 is 24.1 Å². The molecule has 0 radical (unpaired) electrons. The molecule has 2 saturated carbocycles. The molecule has 1 N–H and O–H groups in total. The zero-order valence-corrected chi connectivity index (χ0v) is 19.9. The molecule has 182 valence electrons. The monoisotopic (exact) mass is 464 g/mol. The van der Waals surface area contributed by atoms with Crippen molar-refractivity contribution < 1.29 is 43.2 Å². The summed E-state index contributed by atoms with van der Waals surface area (Å²) >= 11 is 0. The maximum atomic E-state index is 12.8. The second-order valence-electron chi connectivity index (χ2n) is 9.63. The molecule has 0 unspecified atom stereocenters. The van der Waals surface area contributed by atoms with Gasteiger partial charge in [0.1, 0.15) is 18.3 Å². The molecule has 1 saturated heterocycles. The smallest absolute Gasteiger partial charge is 0.334 e. The molecule has 0 aromatic carbocycles. The van der Waals surface area contributed by atoms with E-state index >= 15 is 0 Å². The second kappa shape index (κ2) is 8.59. The molecular weight excluding hydrogens is 432 g/mol. The van der Waals surface area contributed by atoms with Crippen molar-refractivity contribution in [1.82, 2.24) is 0 Å². The minimum atomic E-state index is -1.41. The molecule has 3 aliphatic rings. The third kappa shape index (κ3) is 4.07. The van der Waals surface area contributed by atoms with Crippen LogP contribution >= 0.6 is 0 Å². The SMILES string of the molecule is C=C1C(=O)O[C@H]2[C@@H]1[C@@H](OC(=O)/C(C)=C\C)[C@@H]1[C@](C)([C@H](OC(C)=O)CC[C@@]1(C)O)[C@H]2OC(C)=O. The van der Waals surface area contributed by atoms with Crippen molar-refractivity contribution in [2.24, 2.45) is 17.3 Å². The number of hydrogen-bond acceptors (Lipinski definition) is 9. The summed E-state index contributed by atoms with van der Waals surface area (Å²) in [4.78, 5) is 49.5. The van der Waals surface area contributed by atoms with Crippen LogP contribution in [0.4, 0.5) is 0 Å². The van der Waals surface area contributed by atoms with E-state index in [0.717, 1.165) is 0 Å². The molecule has 0 amide bonds. The summed E-state index contributed by atoms with van der Waals surface area (Å²) in [5, 5.41) is 11.5.